The highest BCUT2D eigenvalue weighted by Crippen LogP contribution is 2.35. The molecule has 0 radical (unpaired) electrons. The molecule has 1 unspecified atom stereocenters. The Labute approximate surface area is 104 Å². The summed E-state index contributed by atoms with van der Waals surface area (Å²) in [5, 5.41) is 2.01. The zero-order chi connectivity index (χ0) is 11.8. The number of Topliss-reactive ketones (excluding diaryl/α,β-unsaturated/α-hetero) is 1. The molecule has 2 aromatic heterocycles. The third-order valence-electron chi connectivity index (χ3n) is 3.44. The lowest BCUT2D eigenvalue weighted by Gasteiger charge is -2.22. The van der Waals surface area contributed by atoms with Crippen LogP contribution in [-0.2, 0) is 6.42 Å². The smallest absolute Gasteiger partial charge is 0.171 e. The van der Waals surface area contributed by atoms with Gasteiger partial charge in [-0.2, -0.15) is 0 Å². The fraction of sp³-hybridized carbons (Fsp3) is 0.286. The van der Waals surface area contributed by atoms with Crippen molar-refractivity contribution < 1.29 is 4.79 Å². The molecule has 1 atom stereocenters. The Hall–Kier alpha value is -1.48. The average Bonchev–Trinajstić information content (AvgIpc) is 2.80. The van der Waals surface area contributed by atoms with Crippen LogP contribution in [-0.4, -0.2) is 10.8 Å². The fourth-order valence-corrected chi connectivity index (χ4v) is 3.39. The quantitative estimate of drug-likeness (QED) is 0.768. The van der Waals surface area contributed by atoms with Gasteiger partial charge in [0.15, 0.2) is 5.78 Å². The number of thiophene rings is 1. The summed E-state index contributed by atoms with van der Waals surface area (Å²) in [7, 11) is 0. The number of hydrogen-bond donors (Lipinski definition) is 0. The molecule has 2 heterocycles. The average molecular weight is 243 g/mol. The number of carbonyl (C=O) groups excluding carboxylic acids is 1. The van der Waals surface area contributed by atoms with Crippen LogP contribution < -0.4 is 0 Å². The van der Waals surface area contributed by atoms with E-state index in [0.29, 0.717) is 0 Å². The number of ketones is 1. The monoisotopic (exact) mass is 243 g/mol. The SMILES string of the molecule is Cc1ccncc1C1CCc2sccc2C1=O. The number of nitrogens with zero attached hydrogens (tertiary/aromatic N) is 1. The van der Waals surface area contributed by atoms with Crippen LogP contribution in [0, 0.1) is 6.92 Å². The van der Waals surface area contributed by atoms with Crippen molar-refractivity contribution in [2.45, 2.75) is 25.7 Å². The van der Waals surface area contributed by atoms with E-state index in [1.807, 2.05) is 30.6 Å². The van der Waals surface area contributed by atoms with Gasteiger partial charge < -0.3 is 0 Å². The molecule has 2 aromatic rings. The molecule has 0 spiro atoms. The molecule has 3 heteroatoms. The van der Waals surface area contributed by atoms with Crippen molar-refractivity contribution in [3.63, 3.8) is 0 Å². The second-order valence-corrected chi connectivity index (χ2v) is 5.45. The van der Waals surface area contributed by atoms with Crippen LogP contribution in [0.3, 0.4) is 0 Å². The number of carbonyl (C=O) groups is 1. The van der Waals surface area contributed by atoms with E-state index >= 15 is 0 Å². The van der Waals surface area contributed by atoms with Gasteiger partial charge >= 0.3 is 0 Å². The summed E-state index contributed by atoms with van der Waals surface area (Å²) < 4.78 is 0. The van der Waals surface area contributed by atoms with E-state index in [2.05, 4.69) is 4.98 Å². The Balaban J connectivity index is 2.03. The zero-order valence-electron chi connectivity index (χ0n) is 9.64. The fourth-order valence-electron chi connectivity index (χ4n) is 2.49. The second-order valence-electron chi connectivity index (χ2n) is 4.45. The number of hydrogen-bond acceptors (Lipinski definition) is 3. The topological polar surface area (TPSA) is 30.0 Å². The van der Waals surface area contributed by atoms with Crippen molar-refractivity contribution in [1.29, 1.82) is 0 Å². The maximum atomic E-state index is 12.4. The molecule has 0 saturated heterocycles. The van der Waals surface area contributed by atoms with Gasteiger partial charge in [-0.15, -0.1) is 11.3 Å². The second kappa shape index (κ2) is 4.08. The van der Waals surface area contributed by atoms with E-state index in [9.17, 15) is 4.79 Å². The van der Waals surface area contributed by atoms with Crippen LogP contribution in [0.2, 0.25) is 0 Å². The van der Waals surface area contributed by atoms with Gasteiger partial charge in [-0.25, -0.2) is 0 Å². The molecule has 0 bridgehead atoms. The first-order chi connectivity index (χ1) is 8.27. The minimum absolute atomic E-state index is 0.00537. The van der Waals surface area contributed by atoms with Crippen molar-refractivity contribution in [2.75, 3.05) is 0 Å². The highest BCUT2D eigenvalue weighted by Gasteiger charge is 2.30. The van der Waals surface area contributed by atoms with E-state index < -0.39 is 0 Å². The number of pyridine rings is 1. The van der Waals surface area contributed by atoms with Gasteiger partial charge in [0.1, 0.15) is 0 Å². The molecule has 17 heavy (non-hydrogen) atoms. The maximum Gasteiger partial charge on any atom is 0.171 e. The van der Waals surface area contributed by atoms with Gasteiger partial charge in [0.25, 0.3) is 0 Å². The van der Waals surface area contributed by atoms with Gasteiger partial charge in [-0.05, 0) is 48.4 Å². The summed E-state index contributed by atoms with van der Waals surface area (Å²) >= 11 is 1.69. The molecular formula is C14H13NOS. The predicted octanol–water partition coefficient (Wildman–Crippen LogP) is 3.36. The van der Waals surface area contributed by atoms with Gasteiger partial charge in [0.05, 0.1) is 0 Å². The number of aromatic nitrogens is 1. The molecule has 3 rings (SSSR count). The lowest BCUT2D eigenvalue weighted by molar-refractivity contribution is 0.0947. The first-order valence-corrected chi connectivity index (χ1v) is 6.66. The molecule has 2 nitrogen and oxygen atoms in total. The molecule has 0 fully saturated rings. The predicted molar refractivity (Wildman–Crippen MR) is 68.7 cm³/mol. The van der Waals surface area contributed by atoms with Crippen LogP contribution in [0.1, 0.15) is 38.7 Å². The number of aryl methyl sites for hydroxylation is 2. The van der Waals surface area contributed by atoms with Crippen molar-refractivity contribution in [3.05, 3.63) is 51.5 Å². The zero-order valence-corrected chi connectivity index (χ0v) is 10.5. The molecule has 0 saturated carbocycles. The summed E-state index contributed by atoms with van der Waals surface area (Å²) in [6.45, 7) is 2.05. The Morgan fingerprint density at radius 1 is 1.41 bits per heavy atom. The van der Waals surface area contributed by atoms with Gasteiger partial charge in [0.2, 0.25) is 0 Å². The minimum Gasteiger partial charge on any atom is -0.293 e. The Bertz CT molecular complexity index is 573. The van der Waals surface area contributed by atoms with Crippen LogP contribution in [0.4, 0.5) is 0 Å². The van der Waals surface area contributed by atoms with Crippen molar-refractivity contribution in [2.24, 2.45) is 0 Å². The van der Waals surface area contributed by atoms with Crippen molar-refractivity contribution in [3.8, 4) is 0 Å². The van der Waals surface area contributed by atoms with Gasteiger partial charge in [0, 0.05) is 28.8 Å². The normalized spacial score (nSPS) is 19.1. The molecule has 86 valence electrons. The van der Waals surface area contributed by atoms with E-state index in [1.54, 1.807) is 17.5 Å². The minimum atomic E-state index is 0.00537. The van der Waals surface area contributed by atoms with Gasteiger partial charge in [-0.3, -0.25) is 9.78 Å². The maximum absolute atomic E-state index is 12.4. The summed E-state index contributed by atoms with van der Waals surface area (Å²) in [6.07, 6.45) is 5.55. The first kappa shape index (κ1) is 10.7. The Kier molecular flexibility index (Phi) is 2.56. The van der Waals surface area contributed by atoms with Crippen LogP contribution in [0.15, 0.2) is 29.9 Å². The highest BCUT2D eigenvalue weighted by molar-refractivity contribution is 7.10. The number of rotatable bonds is 1. The molecule has 1 aliphatic carbocycles. The molecule has 1 aliphatic rings. The van der Waals surface area contributed by atoms with E-state index in [-0.39, 0.29) is 11.7 Å². The third kappa shape index (κ3) is 1.71. The lowest BCUT2D eigenvalue weighted by atomic mass is 9.81. The van der Waals surface area contributed by atoms with Crippen molar-refractivity contribution >= 4 is 17.1 Å². The van der Waals surface area contributed by atoms with E-state index in [0.717, 1.165) is 29.5 Å². The Morgan fingerprint density at radius 2 is 2.29 bits per heavy atom. The van der Waals surface area contributed by atoms with Crippen LogP contribution >= 0.6 is 11.3 Å². The highest BCUT2D eigenvalue weighted by atomic mass is 32.1. The first-order valence-electron chi connectivity index (χ1n) is 5.78. The standard InChI is InChI=1S/C14H13NOS/c1-9-4-6-15-8-12(9)10-2-3-13-11(14(10)16)5-7-17-13/h4-8,10H,2-3H2,1H3. The molecular weight excluding hydrogens is 230 g/mol. The molecule has 0 N–H and O–H groups in total. The summed E-state index contributed by atoms with van der Waals surface area (Å²) in [6, 6.07) is 3.94. The number of fused-ring (bicyclic) bond motifs is 1. The Morgan fingerprint density at radius 3 is 3.12 bits per heavy atom. The third-order valence-corrected chi connectivity index (χ3v) is 4.42. The summed E-state index contributed by atoms with van der Waals surface area (Å²) in [5.74, 6) is 0.273. The molecule has 0 aromatic carbocycles. The largest absolute Gasteiger partial charge is 0.293 e. The van der Waals surface area contributed by atoms with E-state index in [4.69, 9.17) is 0 Å². The summed E-state index contributed by atoms with van der Waals surface area (Å²) in [4.78, 5) is 17.8. The molecule has 0 aliphatic heterocycles. The van der Waals surface area contributed by atoms with Crippen molar-refractivity contribution in [1.82, 2.24) is 4.98 Å². The van der Waals surface area contributed by atoms with Crippen LogP contribution in [0.25, 0.3) is 0 Å². The molecule has 0 amide bonds. The van der Waals surface area contributed by atoms with Gasteiger partial charge in [-0.1, -0.05) is 0 Å². The lowest BCUT2D eigenvalue weighted by Crippen LogP contribution is -2.20. The summed E-state index contributed by atoms with van der Waals surface area (Å²) in [5.41, 5.74) is 3.18. The van der Waals surface area contributed by atoms with Crippen LogP contribution in [0.5, 0.6) is 0 Å². The van der Waals surface area contributed by atoms with E-state index in [1.165, 1.54) is 4.88 Å².